The molecule has 10 nitrogen and oxygen atoms in total. The van der Waals surface area contributed by atoms with Crippen molar-refractivity contribution in [1.29, 1.82) is 0 Å². The first-order valence-electron chi connectivity index (χ1n) is 10.7. The predicted molar refractivity (Wildman–Crippen MR) is 125 cm³/mol. The van der Waals surface area contributed by atoms with Crippen LogP contribution < -0.4 is 0 Å². The molecule has 3 unspecified atom stereocenters. The molecule has 0 N–H and O–H groups in total. The van der Waals surface area contributed by atoms with Crippen LogP contribution in [0.3, 0.4) is 0 Å². The highest BCUT2D eigenvalue weighted by molar-refractivity contribution is 9.10. The number of hydrogen-bond donors (Lipinski definition) is 0. The molecule has 1 aliphatic heterocycles. The topological polar surface area (TPSA) is 132 Å². The standard InChI is InChI=1S/C24H27BrO10/c1-13(26)31-12-21-23(33-15(3)28)24(34-16(4)29)22(32-14(2)27)20(35-21)11-19(30)10-7-17-5-8-18(25)9-6-17/h5-10,20-24H,11-12H2,1-4H3/b10-7+/t20-,21?,22?,23+,24?/m0/s1. The lowest BCUT2D eigenvalue weighted by Crippen LogP contribution is -2.62. The summed E-state index contributed by atoms with van der Waals surface area (Å²) in [5.41, 5.74) is 0.781. The third kappa shape index (κ3) is 9.25. The van der Waals surface area contributed by atoms with E-state index in [0.29, 0.717) is 0 Å². The highest BCUT2D eigenvalue weighted by atomic mass is 79.9. The molecule has 0 aliphatic carbocycles. The van der Waals surface area contributed by atoms with E-state index in [9.17, 15) is 24.0 Å². The predicted octanol–water partition coefficient (Wildman–Crippen LogP) is 2.55. The Balaban J connectivity index is 2.35. The number of hydrogen-bond acceptors (Lipinski definition) is 10. The van der Waals surface area contributed by atoms with Gasteiger partial charge < -0.3 is 23.7 Å². The van der Waals surface area contributed by atoms with Crippen LogP contribution in [0.2, 0.25) is 0 Å². The summed E-state index contributed by atoms with van der Waals surface area (Å²) in [6.45, 7) is 4.24. The maximum atomic E-state index is 12.7. The van der Waals surface area contributed by atoms with Gasteiger partial charge in [-0.05, 0) is 23.8 Å². The minimum absolute atomic E-state index is 0.258. The van der Waals surface area contributed by atoms with Crippen molar-refractivity contribution in [2.24, 2.45) is 0 Å². The molecule has 190 valence electrons. The molecule has 0 aromatic heterocycles. The van der Waals surface area contributed by atoms with E-state index in [0.717, 1.165) is 30.8 Å². The van der Waals surface area contributed by atoms with Gasteiger partial charge in [-0.3, -0.25) is 24.0 Å². The molecule has 1 heterocycles. The summed E-state index contributed by atoms with van der Waals surface area (Å²) in [6.07, 6.45) is -3.30. The number of ketones is 1. The average Bonchev–Trinajstić information content (AvgIpc) is 2.75. The van der Waals surface area contributed by atoms with Gasteiger partial charge in [0.25, 0.3) is 0 Å². The summed E-state index contributed by atoms with van der Waals surface area (Å²) in [4.78, 5) is 59.6. The molecule has 1 saturated heterocycles. The smallest absolute Gasteiger partial charge is 0.303 e. The molecule has 0 saturated carbocycles. The number of carbonyl (C=O) groups excluding carboxylic acids is 5. The molecule has 1 aliphatic rings. The zero-order valence-corrected chi connectivity index (χ0v) is 21.3. The first-order valence-corrected chi connectivity index (χ1v) is 11.5. The lowest BCUT2D eigenvalue weighted by molar-refractivity contribution is -0.252. The number of halogens is 1. The number of rotatable bonds is 9. The summed E-state index contributed by atoms with van der Waals surface area (Å²) >= 11 is 3.34. The molecule has 1 aromatic rings. The quantitative estimate of drug-likeness (QED) is 0.255. The van der Waals surface area contributed by atoms with Gasteiger partial charge in [0, 0.05) is 38.6 Å². The van der Waals surface area contributed by atoms with Crippen molar-refractivity contribution in [3.8, 4) is 0 Å². The first-order chi connectivity index (χ1) is 16.5. The maximum absolute atomic E-state index is 12.7. The van der Waals surface area contributed by atoms with Crippen LogP contribution in [0.5, 0.6) is 0 Å². The molecule has 1 aromatic carbocycles. The van der Waals surface area contributed by atoms with Crippen LogP contribution in [0.4, 0.5) is 0 Å². The zero-order valence-electron chi connectivity index (χ0n) is 19.7. The average molecular weight is 555 g/mol. The Morgan fingerprint density at radius 3 is 1.83 bits per heavy atom. The van der Waals surface area contributed by atoms with Gasteiger partial charge in [0.05, 0.1) is 0 Å². The lowest BCUT2D eigenvalue weighted by atomic mass is 9.91. The van der Waals surface area contributed by atoms with Crippen LogP contribution in [0.15, 0.2) is 34.8 Å². The summed E-state index contributed by atoms with van der Waals surface area (Å²) in [6, 6.07) is 7.26. The first kappa shape index (κ1) is 28.2. The van der Waals surface area contributed by atoms with Crippen LogP contribution >= 0.6 is 15.9 Å². The minimum Gasteiger partial charge on any atom is -0.463 e. The van der Waals surface area contributed by atoms with Gasteiger partial charge in [0.15, 0.2) is 24.1 Å². The van der Waals surface area contributed by atoms with Crippen molar-refractivity contribution in [2.45, 2.75) is 64.6 Å². The van der Waals surface area contributed by atoms with Crippen molar-refractivity contribution >= 4 is 51.7 Å². The fourth-order valence-corrected chi connectivity index (χ4v) is 3.78. The monoisotopic (exact) mass is 554 g/mol. The van der Waals surface area contributed by atoms with Crippen molar-refractivity contribution in [3.63, 3.8) is 0 Å². The van der Waals surface area contributed by atoms with Crippen LogP contribution in [0, 0.1) is 0 Å². The Morgan fingerprint density at radius 1 is 0.800 bits per heavy atom. The van der Waals surface area contributed by atoms with Crippen LogP contribution in [0.1, 0.15) is 39.7 Å². The third-order valence-electron chi connectivity index (χ3n) is 4.82. The van der Waals surface area contributed by atoms with E-state index in [1.807, 2.05) is 24.3 Å². The van der Waals surface area contributed by atoms with Crippen LogP contribution in [0.25, 0.3) is 6.08 Å². The molecule has 2 rings (SSSR count). The number of allylic oxidation sites excluding steroid dienone is 1. The van der Waals surface area contributed by atoms with E-state index >= 15 is 0 Å². The molecule has 0 amide bonds. The van der Waals surface area contributed by atoms with Crippen LogP contribution in [-0.2, 0) is 47.7 Å². The summed E-state index contributed by atoms with van der Waals surface area (Å²) in [5, 5.41) is 0. The van der Waals surface area contributed by atoms with Crippen molar-refractivity contribution < 1.29 is 47.7 Å². The highest BCUT2D eigenvalue weighted by Gasteiger charge is 2.52. The Labute approximate surface area is 211 Å². The molecule has 5 atom stereocenters. The van der Waals surface area contributed by atoms with Gasteiger partial charge >= 0.3 is 23.9 Å². The van der Waals surface area contributed by atoms with Gasteiger partial charge in [0.2, 0.25) is 0 Å². The molecular weight excluding hydrogens is 528 g/mol. The van der Waals surface area contributed by atoms with Gasteiger partial charge in [-0.15, -0.1) is 0 Å². The van der Waals surface area contributed by atoms with E-state index in [-0.39, 0.29) is 18.8 Å². The largest absolute Gasteiger partial charge is 0.463 e. The summed E-state index contributed by atoms with van der Waals surface area (Å²) in [7, 11) is 0. The fraction of sp³-hybridized carbons (Fsp3) is 0.458. The Kier molecular flexibility index (Phi) is 10.6. The van der Waals surface area contributed by atoms with Crippen molar-refractivity contribution in [1.82, 2.24) is 0 Å². The van der Waals surface area contributed by atoms with Crippen molar-refractivity contribution in [2.75, 3.05) is 6.61 Å². The summed E-state index contributed by atoms with van der Waals surface area (Å²) in [5.74, 6) is -3.17. The molecule has 0 bridgehead atoms. The molecule has 1 fully saturated rings. The summed E-state index contributed by atoms with van der Waals surface area (Å²) < 4.78 is 27.9. The van der Waals surface area contributed by atoms with Gasteiger partial charge in [-0.2, -0.15) is 0 Å². The normalized spacial score (nSPS) is 23.9. The van der Waals surface area contributed by atoms with Crippen LogP contribution in [-0.4, -0.2) is 66.8 Å². The van der Waals surface area contributed by atoms with E-state index in [1.165, 1.54) is 13.0 Å². The van der Waals surface area contributed by atoms with Gasteiger partial charge in [-0.25, -0.2) is 0 Å². The Hall–Kier alpha value is -3.05. The number of esters is 4. The third-order valence-corrected chi connectivity index (χ3v) is 5.35. The van der Waals surface area contributed by atoms with E-state index < -0.39 is 54.4 Å². The number of benzene rings is 1. The van der Waals surface area contributed by atoms with Gasteiger partial charge in [0.1, 0.15) is 18.8 Å². The second-order valence-electron chi connectivity index (χ2n) is 7.79. The molecule has 35 heavy (non-hydrogen) atoms. The number of ether oxygens (including phenoxy) is 5. The van der Waals surface area contributed by atoms with Gasteiger partial charge in [-0.1, -0.05) is 34.1 Å². The second-order valence-corrected chi connectivity index (χ2v) is 8.71. The molecule has 0 spiro atoms. The minimum atomic E-state index is -1.30. The second kappa shape index (κ2) is 13.1. The molecule has 0 radical (unpaired) electrons. The number of carbonyl (C=O) groups is 5. The van der Waals surface area contributed by atoms with E-state index in [2.05, 4.69) is 15.9 Å². The van der Waals surface area contributed by atoms with E-state index in [1.54, 1.807) is 6.08 Å². The zero-order chi connectivity index (χ0) is 26.1. The molecular formula is C24H27BrO10. The van der Waals surface area contributed by atoms with E-state index in [4.69, 9.17) is 23.7 Å². The Morgan fingerprint density at radius 2 is 1.31 bits per heavy atom. The SMILES string of the molecule is CC(=O)OCC1O[C@@H](CC(=O)/C=C/c2ccc(Br)cc2)C(OC(C)=O)C(OC(C)=O)[C@@H]1OC(C)=O. The molecule has 11 heteroatoms. The maximum Gasteiger partial charge on any atom is 0.303 e. The fourth-order valence-electron chi connectivity index (χ4n) is 3.51. The van der Waals surface area contributed by atoms with Crippen molar-refractivity contribution in [3.05, 3.63) is 40.4 Å². The highest BCUT2D eigenvalue weighted by Crippen LogP contribution is 2.31. The lowest BCUT2D eigenvalue weighted by Gasteiger charge is -2.44. The Bertz CT molecular complexity index is 971.